The van der Waals surface area contributed by atoms with Gasteiger partial charge in [-0.1, -0.05) is 0 Å². The Kier molecular flexibility index (Phi) is 8.32. The third kappa shape index (κ3) is 6.86. The first-order chi connectivity index (χ1) is 7.26. The van der Waals surface area contributed by atoms with Gasteiger partial charge in [0.25, 0.3) is 0 Å². The molecule has 3 N–H and O–H groups in total. The van der Waals surface area contributed by atoms with Crippen LogP contribution in [-0.2, 0) is 4.79 Å². The standard InChI is InChI=1S/C10H20N4O.HI/c1-3-11-9(15)7-13-10(12-4-2)14-8-5-6-8;/h8H,3-7H2,1-2H3,(H,11,15)(H2,12,13,14);1H. The summed E-state index contributed by atoms with van der Waals surface area (Å²) in [5.74, 6) is 0.705. The number of rotatable bonds is 5. The van der Waals surface area contributed by atoms with Crippen LogP contribution < -0.4 is 16.0 Å². The Morgan fingerprint density at radius 2 is 1.88 bits per heavy atom. The van der Waals surface area contributed by atoms with Gasteiger partial charge in [-0.15, -0.1) is 24.0 Å². The molecule has 0 aromatic heterocycles. The predicted octanol–water partition coefficient (Wildman–Crippen LogP) is 0.458. The number of likely N-dealkylation sites (N-methyl/N-ethyl adjacent to an activating group) is 1. The molecule has 6 heteroatoms. The van der Waals surface area contributed by atoms with E-state index in [0.29, 0.717) is 12.6 Å². The summed E-state index contributed by atoms with van der Waals surface area (Å²) < 4.78 is 0. The van der Waals surface area contributed by atoms with E-state index in [-0.39, 0.29) is 36.4 Å². The number of nitrogens with one attached hydrogen (secondary N) is 3. The van der Waals surface area contributed by atoms with Crippen LogP contribution in [0.25, 0.3) is 0 Å². The van der Waals surface area contributed by atoms with Gasteiger partial charge in [-0.2, -0.15) is 0 Å². The largest absolute Gasteiger partial charge is 0.357 e. The highest BCUT2D eigenvalue weighted by Gasteiger charge is 2.22. The lowest BCUT2D eigenvalue weighted by Gasteiger charge is -2.09. The van der Waals surface area contributed by atoms with Crippen LogP contribution in [0.3, 0.4) is 0 Å². The molecule has 1 amide bonds. The Balaban J connectivity index is 0.00000225. The van der Waals surface area contributed by atoms with E-state index in [1.165, 1.54) is 12.8 Å². The van der Waals surface area contributed by atoms with Crippen LogP contribution >= 0.6 is 24.0 Å². The summed E-state index contributed by atoms with van der Waals surface area (Å²) in [6.45, 7) is 5.57. The molecule has 0 unspecified atom stereocenters. The summed E-state index contributed by atoms with van der Waals surface area (Å²) in [7, 11) is 0. The zero-order valence-electron chi connectivity index (χ0n) is 9.88. The molecule has 0 radical (unpaired) electrons. The number of guanidine groups is 1. The molecule has 0 bridgehead atoms. The fourth-order valence-corrected chi connectivity index (χ4v) is 1.14. The molecular formula is C10H21IN4O. The van der Waals surface area contributed by atoms with E-state index in [9.17, 15) is 4.79 Å². The van der Waals surface area contributed by atoms with E-state index in [4.69, 9.17) is 0 Å². The van der Waals surface area contributed by atoms with E-state index >= 15 is 0 Å². The zero-order chi connectivity index (χ0) is 11.1. The molecular weight excluding hydrogens is 319 g/mol. The summed E-state index contributed by atoms with van der Waals surface area (Å²) in [6.07, 6.45) is 2.40. The molecule has 1 saturated carbocycles. The number of carbonyl (C=O) groups excluding carboxylic acids is 1. The summed E-state index contributed by atoms with van der Waals surface area (Å²) in [5.41, 5.74) is 0. The maximum atomic E-state index is 11.2. The second-order valence-corrected chi connectivity index (χ2v) is 3.57. The van der Waals surface area contributed by atoms with Crippen LogP contribution in [0.15, 0.2) is 4.99 Å². The van der Waals surface area contributed by atoms with E-state index < -0.39 is 0 Å². The molecule has 0 aromatic rings. The molecule has 0 aliphatic heterocycles. The van der Waals surface area contributed by atoms with Crippen LogP contribution in [-0.4, -0.2) is 37.5 Å². The van der Waals surface area contributed by atoms with Crippen LogP contribution in [0.5, 0.6) is 0 Å². The fraction of sp³-hybridized carbons (Fsp3) is 0.800. The van der Waals surface area contributed by atoms with Crippen molar-refractivity contribution in [3.63, 3.8) is 0 Å². The summed E-state index contributed by atoms with van der Waals surface area (Å²) >= 11 is 0. The average molecular weight is 340 g/mol. The number of hydrogen-bond acceptors (Lipinski definition) is 2. The minimum Gasteiger partial charge on any atom is -0.357 e. The molecule has 1 aliphatic carbocycles. The second kappa shape index (κ2) is 8.60. The first-order valence-corrected chi connectivity index (χ1v) is 5.57. The van der Waals surface area contributed by atoms with Crippen molar-refractivity contribution >= 4 is 35.8 Å². The quantitative estimate of drug-likeness (QED) is 0.387. The number of halogens is 1. The number of hydrogen-bond donors (Lipinski definition) is 3. The van der Waals surface area contributed by atoms with E-state index in [1.54, 1.807) is 0 Å². The lowest BCUT2D eigenvalue weighted by Crippen LogP contribution is -2.39. The van der Waals surface area contributed by atoms with Crippen LogP contribution in [0.4, 0.5) is 0 Å². The van der Waals surface area contributed by atoms with Crippen molar-refractivity contribution in [2.45, 2.75) is 32.7 Å². The molecule has 94 valence electrons. The van der Waals surface area contributed by atoms with Crippen LogP contribution in [0.2, 0.25) is 0 Å². The minimum atomic E-state index is -0.0366. The lowest BCUT2D eigenvalue weighted by molar-refractivity contribution is -0.119. The van der Waals surface area contributed by atoms with Gasteiger partial charge in [0.2, 0.25) is 5.91 Å². The smallest absolute Gasteiger partial charge is 0.241 e. The normalized spacial score (nSPS) is 15.0. The Morgan fingerprint density at radius 3 is 2.38 bits per heavy atom. The van der Waals surface area contributed by atoms with Gasteiger partial charge in [0.15, 0.2) is 5.96 Å². The number of amides is 1. The zero-order valence-corrected chi connectivity index (χ0v) is 12.2. The van der Waals surface area contributed by atoms with Gasteiger partial charge in [0, 0.05) is 19.1 Å². The monoisotopic (exact) mass is 340 g/mol. The van der Waals surface area contributed by atoms with Gasteiger partial charge in [0.1, 0.15) is 6.54 Å². The van der Waals surface area contributed by atoms with Gasteiger partial charge in [-0.3, -0.25) is 4.79 Å². The molecule has 16 heavy (non-hydrogen) atoms. The highest BCUT2D eigenvalue weighted by atomic mass is 127. The Bertz CT molecular complexity index is 241. The molecule has 0 spiro atoms. The lowest BCUT2D eigenvalue weighted by atomic mass is 10.5. The average Bonchev–Trinajstić information content (AvgIpc) is 2.99. The van der Waals surface area contributed by atoms with E-state index in [0.717, 1.165) is 12.5 Å². The highest BCUT2D eigenvalue weighted by Crippen LogP contribution is 2.18. The first kappa shape index (κ1) is 15.5. The third-order valence-electron chi connectivity index (χ3n) is 2.02. The van der Waals surface area contributed by atoms with Gasteiger partial charge >= 0.3 is 0 Å². The fourth-order valence-electron chi connectivity index (χ4n) is 1.14. The molecule has 0 saturated heterocycles. The van der Waals surface area contributed by atoms with Gasteiger partial charge in [-0.25, -0.2) is 4.99 Å². The molecule has 0 atom stereocenters. The third-order valence-corrected chi connectivity index (χ3v) is 2.02. The summed E-state index contributed by atoms with van der Waals surface area (Å²) in [5, 5.41) is 9.07. The van der Waals surface area contributed by atoms with Crippen molar-refractivity contribution in [1.82, 2.24) is 16.0 Å². The van der Waals surface area contributed by atoms with E-state index in [2.05, 4.69) is 20.9 Å². The van der Waals surface area contributed by atoms with Gasteiger partial charge in [0.05, 0.1) is 0 Å². The Labute approximate surface area is 114 Å². The Hall–Kier alpha value is -0.530. The first-order valence-electron chi connectivity index (χ1n) is 5.57. The SMILES string of the molecule is CCNC(=O)CN=C(NCC)NC1CC1.I. The van der Waals surface area contributed by atoms with Crippen LogP contribution in [0, 0.1) is 0 Å². The van der Waals surface area contributed by atoms with Crippen molar-refractivity contribution in [1.29, 1.82) is 0 Å². The maximum Gasteiger partial charge on any atom is 0.241 e. The predicted molar refractivity (Wildman–Crippen MR) is 76.2 cm³/mol. The molecule has 1 aliphatic rings. The highest BCUT2D eigenvalue weighted by molar-refractivity contribution is 14.0. The van der Waals surface area contributed by atoms with Crippen molar-refractivity contribution in [2.75, 3.05) is 19.6 Å². The van der Waals surface area contributed by atoms with E-state index in [1.807, 2.05) is 13.8 Å². The van der Waals surface area contributed by atoms with Gasteiger partial charge in [-0.05, 0) is 26.7 Å². The molecule has 0 aromatic carbocycles. The summed E-state index contributed by atoms with van der Waals surface area (Å²) in [6, 6.07) is 0.553. The number of aliphatic imine (C=N–C) groups is 1. The van der Waals surface area contributed by atoms with Crippen molar-refractivity contribution in [3.8, 4) is 0 Å². The summed E-state index contributed by atoms with van der Waals surface area (Å²) in [4.78, 5) is 15.4. The molecule has 5 nitrogen and oxygen atoms in total. The molecule has 1 rings (SSSR count). The van der Waals surface area contributed by atoms with Gasteiger partial charge < -0.3 is 16.0 Å². The minimum absolute atomic E-state index is 0. The second-order valence-electron chi connectivity index (χ2n) is 3.57. The van der Waals surface area contributed by atoms with Crippen molar-refractivity contribution < 1.29 is 4.79 Å². The number of nitrogens with zero attached hydrogens (tertiary/aromatic N) is 1. The van der Waals surface area contributed by atoms with Crippen molar-refractivity contribution in [2.24, 2.45) is 4.99 Å². The maximum absolute atomic E-state index is 11.2. The molecule has 1 fully saturated rings. The Morgan fingerprint density at radius 1 is 1.25 bits per heavy atom. The van der Waals surface area contributed by atoms with Crippen LogP contribution in [0.1, 0.15) is 26.7 Å². The topological polar surface area (TPSA) is 65.5 Å². The molecule has 0 heterocycles. The van der Waals surface area contributed by atoms with Crippen molar-refractivity contribution in [3.05, 3.63) is 0 Å². The number of carbonyl (C=O) groups is 1.